The second-order valence-electron chi connectivity index (χ2n) is 12.5. The van der Waals surface area contributed by atoms with Crippen LogP contribution >= 0.6 is 22.7 Å². The van der Waals surface area contributed by atoms with Crippen molar-refractivity contribution in [2.24, 2.45) is 18.9 Å². The molecule has 0 saturated carbocycles. The number of hydrogen-bond acceptors (Lipinski definition) is 9. The molecule has 51 heavy (non-hydrogen) atoms. The predicted octanol–water partition coefficient (Wildman–Crippen LogP) is 4.23. The van der Waals surface area contributed by atoms with E-state index in [0.717, 1.165) is 30.6 Å². The lowest BCUT2D eigenvalue weighted by Gasteiger charge is -2.26. The van der Waals surface area contributed by atoms with Gasteiger partial charge in [0.05, 0.1) is 29.0 Å². The number of rotatable bonds is 10. The third-order valence-corrected chi connectivity index (χ3v) is 11.2. The number of oxazole rings is 1. The van der Waals surface area contributed by atoms with Crippen molar-refractivity contribution in [3.63, 3.8) is 0 Å². The Labute approximate surface area is 301 Å². The van der Waals surface area contributed by atoms with Gasteiger partial charge in [0.2, 0.25) is 11.8 Å². The van der Waals surface area contributed by atoms with Gasteiger partial charge in [-0.3, -0.25) is 14.2 Å². The molecular weight excluding hydrogens is 685 g/mol. The van der Waals surface area contributed by atoms with E-state index >= 15 is 0 Å². The molecule has 5 heterocycles. The Kier molecular flexibility index (Phi) is 10.1. The number of amides is 2. The first kappa shape index (κ1) is 33.9. The van der Waals surface area contributed by atoms with Crippen LogP contribution in [0.3, 0.4) is 0 Å². The van der Waals surface area contributed by atoms with Gasteiger partial charge in [0.1, 0.15) is 0 Å². The number of carbonyl (C=O) groups is 2. The zero-order valence-corrected chi connectivity index (χ0v) is 29.3. The van der Waals surface area contributed by atoms with Crippen LogP contribution in [0.15, 0.2) is 75.9 Å². The fourth-order valence-corrected chi connectivity index (χ4v) is 7.77. The summed E-state index contributed by atoms with van der Waals surface area (Å²) in [6, 6.07) is 28.2. The van der Waals surface area contributed by atoms with E-state index in [4.69, 9.17) is 9.68 Å². The molecule has 2 unspecified atom stereocenters. The van der Waals surface area contributed by atoms with Crippen LogP contribution in [-0.4, -0.2) is 54.6 Å². The molecule has 2 fully saturated rings. The molecule has 0 bridgehead atoms. The number of benzene rings is 2. The van der Waals surface area contributed by atoms with Crippen molar-refractivity contribution in [1.29, 1.82) is 5.26 Å². The molecule has 2 atom stereocenters. The summed E-state index contributed by atoms with van der Waals surface area (Å²) in [4.78, 5) is 50.2. The van der Waals surface area contributed by atoms with E-state index in [1.165, 1.54) is 4.57 Å². The average Bonchev–Trinajstić information content (AvgIpc) is 3.81. The maximum atomic E-state index is 12.9. The van der Waals surface area contributed by atoms with Crippen LogP contribution in [0.5, 0.6) is 0 Å². The molecule has 4 N–H and O–H groups in total. The molecule has 0 radical (unpaired) electrons. The van der Waals surface area contributed by atoms with Crippen molar-refractivity contribution < 1.29 is 14.0 Å². The highest BCUT2D eigenvalue weighted by atomic mass is 32.1. The molecule has 3 aromatic heterocycles. The molecular formula is C37H34N8O4S2+2. The lowest BCUT2D eigenvalue weighted by Crippen LogP contribution is -2.52. The summed E-state index contributed by atoms with van der Waals surface area (Å²) in [6.07, 6.45) is 0.918. The fraction of sp³-hybridized carbons (Fsp3) is 0.297. The highest BCUT2D eigenvalue weighted by Gasteiger charge is 2.30. The number of nitrogens with one attached hydrogen (secondary N) is 4. The van der Waals surface area contributed by atoms with E-state index in [0.29, 0.717) is 55.7 Å². The molecule has 2 aliphatic heterocycles. The molecule has 12 nitrogen and oxygen atoms in total. The normalized spacial score (nSPS) is 15.2. The molecule has 2 saturated heterocycles. The minimum atomic E-state index is -0.548. The summed E-state index contributed by atoms with van der Waals surface area (Å²) in [7, 11) is 1.68. The number of thiophene rings is 2. The van der Waals surface area contributed by atoms with Crippen molar-refractivity contribution in [3.05, 3.63) is 103 Å². The summed E-state index contributed by atoms with van der Waals surface area (Å²) in [5.41, 5.74) is 3.81. The van der Waals surface area contributed by atoms with Gasteiger partial charge in [-0.2, -0.15) is 5.26 Å². The number of aromatic nitrogens is 1. The monoisotopic (exact) mass is 718 g/mol. The van der Waals surface area contributed by atoms with E-state index in [1.807, 2.05) is 48.5 Å². The maximum Gasteiger partial charge on any atom is 0.419 e. The second kappa shape index (κ2) is 15.1. The zero-order valence-electron chi connectivity index (χ0n) is 27.6. The molecule has 256 valence electrons. The third-order valence-electron chi connectivity index (χ3n) is 8.92. The number of fused-ring (bicyclic) bond motifs is 1. The van der Waals surface area contributed by atoms with Gasteiger partial charge in [-0.25, -0.2) is 4.79 Å². The Morgan fingerprint density at radius 3 is 1.88 bits per heavy atom. The average molecular weight is 719 g/mol. The van der Waals surface area contributed by atoms with Crippen molar-refractivity contribution in [2.45, 2.75) is 24.9 Å². The number of hydrogen-bond donors (Lipinski definition) is 4. The molecule has 0 spiro atoms. The van der Waals surface area contributed by atoms with Gasteiger partial charge in [-0.05, 0) is 65.7 Å². The summed E-state index contributed by atoms with van der Waals surface area (Å²) >= 11 is 3.18. The Morgan fingerprint density at radius 2 is 1.37 bits per heavy atom. The molecule has 14 heteroatoms. The van der Waals surface area contributed by atoms with Gasteiger partial charge in [0, 0.05) is 65.6 Å². The van der Waals surface area contributed by atoms with E-state index in [1.54, 1.807) is 47.9 Å². The standard InChI is InChI=1S/C37H32N8O4S2/c1-45-31-12-24(6-9-32(31)49-37(45)48)34-11-8-30(51-34)14-28(44-36(47)26-18-40-19-26)21-42-41-20-27(43-35(46)25-16-39-17-25)13-29-7-10-33(50-29)23-4-2-22(15-38)3-5-23/h2-12,25-28,39-40H,13-14,16-19H2,1H3/p+2. The van der Waals surface area contributed by atoms with Gasteiger partial charge in [-0.1, -0.05) is 12.1 Å². The lowest BCUT2D eigenvalue weighted by molar-refractivity contribution is -0.127. The van der Waals surface area contributed by atoms with Gasteiger partial charge in [-0.15, -0.1) is 22.7 Å². The van der Waals surface area contributed by atoms with E-state index in [9.17, 15) is 14.4 Å². The molecule has 7 rings (SSSR count). The first-order valence-electron chi connectivity index (χ1n) is 16.5. The first-order chi connectivity index (χ1) is 24.8. The second-order valence-corrected chi connectivity index (χ2v) is 14.9. The van der Waals surface area contributed by atoms with Gasteiger partial charge >= 0.3 is 27.8 Å². The van der Waals surface area contributed by atoms with E-state index < -0.39 is 17.8 Å². The third kappa shape index (κ3) is 7.93. The van der Waals surface area contributed by atoms with Gasteiger partial charge in [0.15, 0.2) is 17.7 Å². The van der Waals surface area contributed by atoms with Crippen molar-refractivity contribution in [1.82, 2.24) is 25.8 Å². The van der Waals surface area contributed by atoms with Crippen LogP contribution in [0.25, 0.3) is 41.9 Å². The molecule has 2 aromatic carbocycles. The Balaban J connectivity index is 1.08. The van der Waals surface area contributed by atoms with Crippen LogP contribution in [-0.2, 0) is 29.5 Å². The molecule has 2 aliphatic rings. The first-order valence-corrected chi connectivity index (χ1v) is 18.2. The maximum absolute atomic E-state index is 12.9. The van der Waals surface area contributed by atoms with E-state index in [-0.39, 0.29) is 23.7 Å². The minimum absolute atomic E-state index is 0.0693. The van der Waals surface area contributed by atoms with Crippen LogP contribution < -0.4 is 27.0 Å². The summed E-state index contributed by atoms with van der Waals surface area (Å²) in [6.45, 7) is 2.50. The Bertz CT molecular complexity index is 2320. The van der Waals surface area contributed by atoms with Crippen LogP contribution in [0.2, 0.25) is 0 Å². The predicted molar refractivity (Wildman–Crippen MR) is 198 cm³/mol. The fourth-order valence-electron chi connectivity index (χ4n) is 5.66. The SMILES string of the molecule is Cn1c(=O)oc2ccc(-c3ccc(CC(C#[N+][N+]#CC(Cc4ccc(-c5ccc(C#N)cc5)s4)NC(=O)C4CNC4)NC(=O)C4CNC4)s3)cc21. The lowest BCUT2D eigenvalue weighted by atomic mass is 10.0. The molecule has 2 amide bonds. The van der Waals surface area contributed by atoms with Crippen LogP contribution in [0.1, 0.15) is 15.3 Å². The summed E-state index contributed by atoms with van der Waals surface area (Å²) < 4.78 is 6.75. The Morgan fingerprint density at radius 1 is 0.843 bits per heavy atom. The topological polar surface area (TPSA) is 150 Å². The van der Waals surface area contributed by atoms with Crippen LogP contribution in [0, 0.1) is 35.3 Å². The molecule has 5 aromatic rings. The number of nitrogens with zero attached hydrogens (tertiary/aromatic N) is 4. The number of aryl methyl sites for hydroxylation is 1. The largest absolute Gasteiger partial charge is 0.419 e. The van der Waals surface area contributed by atoms with Crippen LogP contribution in [0.4, 0.5) is 0 Å². The Hall–Kier alpha value is -5.56. The highest BCUT2D eigenvalue weighted by Crippen LogP contribution is 2.31. The quantitative estimate of drug-likeness (QED) is 0.158. The minimum Gasteiger partial charge on any atom is -0.408 e. The smallest absolute Gasteiger partial charge is 0.408 e. The van der Waals surface area contributed by atoms with Crippen molar-refractivity contribution >= 4 is 45.6 Å². The van der Waals surface area contributed by atoms with E-state index in [2.05, 4.69) is 49.4 Å². The van der Waals surface area contributed by atoms with Gasteiger partial charge in [0.25, 0.3) is 0 Å². The zero-order chi connectivity index (χ0) is 35.3. The summed E-state index contributed by atoms with van der Waals surface area (Å²) in [5.74, 6) is -0.773. The highest BCUT2D eigenvalue weighted by molar-refractivity contribution is 7.15. The van der Waals surface area contributed by atoms with Gasteiger partial charge < -0.3 is 25.7 Å². The number of nitriles is 1. The number of carbonyl (C=O) groups excluding carboxylic acids is 2. The van der Waals surface area contributed by atoms with Crippen molar-refractivity contribution in [3.8, 4) is 39.1 Å². The molecule has 0 aliphatic carbocycles. The summed E-state index contributed by atoms with van der Waals surface area (Å²) in [5, 5.41) is 21.5. The van der Waals surface area contributed by atoms with Crippen molar-refractivity contribution in [2.75, 3.05) is 26.2 Å².